The maximum absolute atomic E-state index is 11.0. The number of alkyl halides is 1. The second-order valence-corrected chi connectivity index (χ2v) is 4.48. The van der Waals surface area contributed by atoms with Crippen molar-refractivity contribution in [3.8, 4) is 0 Å². The number of hydrogen-bond donors (Lipinski definition) is 0. The van der Waals surface area contributed by atoms with E-state index in [2.05, 4.69) is 22.9 Å². The largest absolute Gasteiger partial charge is 0.466 e. The Labute approximate surface area is 82.8 Å². The molecule has 0 aliphatic heterocycles. The van der Waals surface area contributed by atoms with Crippen molar-refractivity contribution in [3.05, 3.63) is 0 Å². The zero-order valence-electron chi connectivity index (χ0n) is 7.81. The molecule has 0 spiro atoms. The molecule has 0 aromatic carbocycles. The van der Waals surface area contributed by atoms with Crippen molar-refractivity contribution >= 4 is 21.9 Å². The van der Waals surface area contributed by atoms with E-state index >= 15 is 0 Å². The first-order chi connectivity index (χ1) is 5.66. The summed E-state index contributed by atoms with van der Waals surface area (Å²) in [6.45, 7) is 4.64. The fourth-order valence-electron chi connectivity index (χ4n) is 0.827. The van der Waals surface area contributed by atoms with Gasteiger partial charge >= 0.3 is 5.97 Å². The van der Waals surface area contributed by atoms with Gasteiger partial charge < -0.3 is 4.74 Å². The van der Waals surface area contributed by atoms with Crippen LogP contribution in [0.5, 0.6) is 0 Å². The van der Waals surface area contributed by atoms with Crippen molar-refractivity contribution in [1.82, 2.24) is 0 Å². The van der Waals surface area contributed by atoms with E-state index in [1.165, 1.54) is 0 Å². The Morgan fingerprint density at radius 3 is 2.67 bits per heavy atom. The van der Waals surface area contributed by atoms with E-state index in [0.717, 1.165) is 19.3 Å². The summed E-state index contributed by atoms with van der Waals surface area (Å²) < 4.78 is 4.99. The summed E-state index contributed by atoms with van der Waals surface area (Å²) in [7, 11) is 0. The molecule has 3 heteroatoms. The van der Waals surface area contributed by atoms with Crippen molar-refractivity contribution in [2.75, 3.05) is 6.61 Å². The highest BCUT2D eigenvalue weighted by Crippen LogP contribution is 2.04. The first-order valence-electron chi connectivity index (χ1n) is 4.46. The minimum absolute atomic E-state index is 0.101. The number of hydrogen-bond acceptors (Lipinski definition) is 2. The van der Waals surface area contributed by atoms with Crippen molar-refractivity contribution in [2.45, 2.75) is 44.4 Å². The Balaban J connectivity index is 3.20. The van der Waals surface area contributed by atoms with Gasteiger partial charge in [-0.25, -0.2) is 0 Å². The molecule has 0 rings (SSSR count). The standard InChI is InChI=1S/C9H17BrO2/c1-3-4-5-6-12-9(11)7-8(2)10/h8H,3-7H2,1-2H3. The normalized spacial score (nSPS) is 12.6. The van der Waals surface area contributed by atoms with Gasteiger partial charge in [-0.15, -0.1) is 0 Å². The monoisotopic (exact) mass is 236 g/mol. The summed E-state index contributed by atoms with van der Waals surface area (Å²) in [5, 5.41) is 0. The maximum atomic E-state index is 11.0. The third-order valence-corrected chi connectivity index (χ3v) is 1.78. The number of halogens is 1. The Hall–Kier alpha value is -0.0500. The van der Waals surface area contributed by atoms with Crippen LogP contribution in [0.25, 0.3) is 0 Å². The van der Waals surface area contributed by atoms with Crippen molar-refractivity contribution in [3.63, 3.8) is 0 Å². The highest BCUT2D eigenvalue weighted by Gasteiger charge is 2.05. The average Bonchev–Trinajstić information content (AvgIpc) is 1.97. The number of rotatable bonds is 6. The van der Waals surface area contributed by atoms with E-state index in [-0.39, 0.29) is 10.8 Å². The SMILES string of the molecule is CCCCCOC(=O)CC(C)Br. The number of ether oxygens (including phenoxy) is 1. The van der Waals surface area contributed by atoms with Crippen LogP contribution in [-0.2, 0) is 9.53 Å². The fourth-order valence-corrected chi connectivity index (χ4v) is 1.09. The van der Waals surface area contributed by atoms with Crippen LogP contribution in [0.3, 0.4) is 0 Å². The third-order valence-electron chi connectivity index (χ3n) is 1.46. The van der Waals surface area contributed by atoms with Crippen LogP contribution in [0.4, 0.5) is 0 Å². The molecule has 1 atom stereocenters. The van der Waals surface area contributed by atoms with Gasteiger partial charge in [0.1, 0.15) is 0 Å². The average molecular weight is 237 g/mol. The summed E-state index contributed by atoms with van der Waals surface area (Å²) in [4.78, 5) is 11.2. The highest BCUT2D eigenvalue weighted by molar-refractivity contribution is 9.09. The number of carbonyl (C=O) groups excluding carboxylic acids is 1. The van der Waals surface area contributed by atoms with Crippen LogP contribution in [0.1, 0.15) is 39.5 Å². The predicted molar refractivity (Wildman–Crippen MR) is 53.5 cm³/mol. The molecule has 0 saturated heterocycles. The van der Waals surface area contributed by atoms with E-state index in [1.54, 1.807) is 0 Å². The molecule has 0 bridgehead atoms. The van der Waals surface area contributed by atoms with Crippen LogP contribution in [0.2, 0.25) is 0 Å². The zero-order valence-corrected chi connectivity index (χ0v) is 9.39. The molecule has 0 amide bonds. The second-order valence-electron chi connectivity index (χ2n) is 2.91. The predicted octanol–water partition coefficient (Wildman–Crippen LogP) is 2.89. The third kappa shape index (κ3) is 8.05. The first kappa shape index (κ1) is 11.9. The Kier molecular flexibility index (Phi) is 7.56. The van der Waals surface area contributed by atoms with Crippen LogP contribution < -0.4 is 0 Å². The van der Waals surface area contributed by atoms with Gasteiger partial charge in [-0.2, -0.15) is 0 Å². The lowest BCUT2D eigenvalue weighted by Gasteiger charge is -2.04. The number of unbranched alkanes of at least 4 members (excludes halogenated alkanes) is 2. The summed E-state index contributed by atoms with van der Waals surface area (Å²) in [6, 6.07) is 0. The highest BCUT2D eigenvalue weighted by atomic mass is 79.9. The van der Waals surface area contributed by atoms with E-state index < -0.39 is 0 Å². The maximum Gasteiger partial charge on any atom is 0.306 e. The van der Waals surface area contributed by atoms with Gasteiger partial charge in [-0.05, 0) is 6.42 Å². The number of carbonyl (C=O) groups is 1. The smallest absolute Gasteiger partial charge is 0.306 e. The van der Waals surface area contributed by atoms with Gasteiger partial charge in [-0.3, -0.25) is 4.79 Å². The lowest BCUT2D eigenvalue weighted by Crippen LogP contribution is -2.09. The lowest BCUT2D eigenvalue weighted by atomic mass is 10.3. The Bertz CT molecular complexity index is 124. The zero-order chi connectivity index (χ0) is 9.40. The topological polar surface area (TPSA) is 26.3 Å². The summed E-state index contributed by atoms with van der Waals surface area (Å²) in [5.74, 6) is -0.101. The molecule has 0 radical (unpaired) electrons. The van der Waals surface area contributed by atoms with Gasteiger partial charge in [0.05, 0.1) is 13.0 Å². The molecule has 0 aliphatic carbocycles. The quantitative estimate of drug-likeness (QED) is 0.403. The van der Waals surface area contributed by atoms with Gasteiger partial charge in [0.25, 0.3) is 0 Å². The number of esters is 1. The fraction of sp³-hybridized carbons (Fsp3) is 0.889. The molecule has 0 N–H and O–H groups in total. The van der Waals surface area contributed by atoms with E-state index in [4.69, 9.17) is 4.74 Å². The molecular weight excluding hydrogens is 220 g/mol. The van der Waals surface area contributed by atoms with E-state index in [9.17, 15) is 4.79 Å². The van der Waals surface area contributed by atoms with Crippen molar-refractivity contribution < 1.29 is 9.53 Å². The van der Waals surface area contributed by atoms with Gasteiger partial charge in [-0.1, -0.05) is 42.6 Å². The molecule has 2 nitrogen and oxygen atoms in total. The van der Waals surface area contributed by atoms with E-state index in [1.807, 2.05) is 6.92 Å². The Morgan fingerprint density at radius 1 is 1.50 bits per heavy atom. The molecule has 72 valence electrons. The molecule has 0 aliphatic rings. The van der Waals surface area contributed by atoms with E-state index in [0.29, 0.717) is 13.0 Å². The van der Waals surface area contributed by atoms with Gasteiger partial charge in [0.2, 0.25) is 0 Å². The summed E-state index contributed by atoms with van der Waals surface area (Å²) in [6.07, 6.45) is 3.74. The minimum Gasteiger partial charge on any atom is -0.466 e. The summed E-state index contributed by atoms with van der Waals surface area (Å²) >= 11 is 3.30. The second kappa shape index (κ2) is 7.59. The van der Waals surface area contributed by atoms with Crippen LogP contribution >= 0.6 is 15.9 Å². The van der Waals surface area contributed by atoms with Crippen molar-refractivity contribution in [2.24, 2.45) is 0 Å². The Morgan fingerprint density at radius 2 is 2.17 bits per heavy atom. The van der Waals surface area contributed by atoms with Crippen LogP contribution in [0, 0.1) is 0 Å². The lowest BCUT2D eigenvalue weighted by molar-refractivity contribution is -0.143. The van der Waals surface area contributed by atoms with Crippen molar-refractivity contribution in [1.29, 1.82) is 0 Å². The molecule has 1 unspecified atom stereocenters. The summed E-state index contributed by atoms with van der Waals surface area (Å²) in [5.41, 5.74) is 0. The van der Waals surface area contributed by atoms with Crippen LogP contribution in [0.15, 0.2) is 0 Å². The molecule has 0 aromatic heterocycles. The molecule has 0 fully saturated rings. The molecule has 0 saturated carbocycles. The molecule has 0 heterocycles. The minimum atomic E-state index is -0.101. The van der Waals surface area contributed by atoms with Gasteiger partial charge in [0.15, 0.2) is 0 Å². The van der Waals surface area contributed by atoms with Gasteiger partial charge in [0, 0.05) is 4.83 Å². The van der Waals surface area contributed by atoms with Crippen LogP contribution in [-0.4, -0.2) is 17.4 Å². The molecule has 12 heavy (non-hydrogen) atoms. The first-order valence-corrected chi connectivity index (χ1v) is 5.38. The molecule has 0 aromatic rings. The molecular formula is C9H17BrO2.